The number of halogens is 1. The molecule has 0 amide bonds. The Balaban J connectivity index is 1.57. The molecule has 8 heteroatoms. The van der Waals surface area contributed by atoms with Crippen LogP contribution < -0.4 is 9.46 Å². The first-order valence-corrected chi connectivity index (χ1v) is 11.5. The van der Waals surface area contributed by atoms with Crippen LogP contribution in [0.1, 0.15) is 11.1 Å². The number of piperazine rings is 1. The predicted octanol–water partition coefficient (Wildman–Crippen LogP) is 2.68. The molecule has 2 aromatic rings. The van der Waals surface area contributed by atoms with Crippen molar-refractivity contribution in [1.82, 2.24) is 14.5 Å². The molecule has 0 bridgehead atoms. The van der Waals surface area contributed by atoms with Crippen LogP contribution in [0.5, 0.6) is 5.75 Å². The van der Waals surface area contributed by atoms with E-state index >= 15 is 0 Å². The van der Waals surface area contributed by atoms with Crippen molar-refractivity contribution in [3.05, 3.63) is 58.1 Å². The number of benzene rings is 2. The maximum Gasteiger partial charge on any atom is 0.240 e. The summed E-state index contributed by atoms with van der Waals surface area (Å²) in [5.41, 5.74) is 2.17. The Bertz CT molecular complexity index is 895. The SMILES string of the molecule is COc1ccc(S(=O)(=O)NCc2ccc(CN3CCN(C)CC3)cc2)cc1Br. The van der Waals surface area contributed by atoms with Crippen LogP contribution in [-0.4, -0.2) is 58.6 Å². The largest absolute Gasteiger partial charge is 0.496 e. The van der Waals surface area contributed by atoms with E-state index in [1.807, 2.05) is 12.1 Å². The molecule has 1 saturated heterocycles. The molecule has 0 radical (unpaired) electrons. The summed E-state index contributed by atoms with van der Waals surface area (Å²) in [5.74, 6) is 0.592. The van der Waals surface area contributed by atoms with Crippen LogP contribution in [0.2, 0.25) is 0 Å². The normalized spacial score (nSPS) is 16.2. The van der Waals surface area contributed by atoms with Gasteiger partial charge in [0, 0.05) is 39.3 Å². The van der Waals surface area contributed by atoms with Crippen LogP contribution in [0.15, 0.2) is 51.8 Å². The highest BCUT2D eigenvalue weighted by Crippen LogP contribution is 2.27. The fraction of sp³-hybridized carbons (Fsp3) is 0.400. The van der Waals surface area contributed by atoms with Gasteiger partial charge in [-0.3, -0.25) is 4.90 Å². The van der Waals surface area contributed by atoms with Crippen molar-refractivity contribution in [2.45, 2.75) is 18.0 Å². The van der Waals surface area contributed by atoms with E-state index in [4.69, 9.17) is 4.74 Å². The van der Waals surface area contributed by atoms with Gasteiger partial charge in [-0.05, 0) is 52.3 Å². The second-order valence-corrected chi connectivity index (χ2v) is 9.64. The lowest BCUT2D eigenvalue weighted by Crippen LogP contribution is -2.43. The van der Waals surface area contributed by atoms with E-state index in [-0.39, 0.29) is 11.4 Å². The van der Waals surface area contributed by atoms with Crippen molar-refractivity contribution in [3.8, 4) is 5.75 Å². The first-order chi connectivity index (χ1) is 13.4. The Kier molecular flexibility index (Phi) is 7.11. The number of hydrogen-bond donors (Lipinski definition) is 1. The number of nitrogens with zero attached hydrogens (tertiary/aromatic N) is 2. The van der Waals surface area contributed by atoms with Crippen LogP contribution in [-0.2, 0) is 23.1 Å². The molecule has 1 heterocycles. The van der Waals surface area contributed by atoms with E-state index in [1.54, 1.807) is 19.2 Å². The van der Waals surface area contributed by atoms with Crippen molar-refractivity contribution >= 4 is 26.0 Å². The molecular weight excluding hydrogens is 442 g/mol. The van der Waals surface area contributed by atoms with Gasteiger partial charge in [0.25, 0.3) is 0 Å². The molecule has 3 rings (SSSR count). The summed E-state index contributed by atoms with van der Waals surface area (Å²) in [5, 5.41) is 0. The number of sulfonamides is 1. The molecule has 0 saturated carbocycles. The number of hydrogen-bond acceptors (Lipinski definition) is 5. The average Bonchev–Trinajstić information content (AvgIpc) is 2.69. The molecule has 0 atom stereocenters. The Morgan fingerprint density at radius 2 is 1.68 bits per heavy atom. The number of likely N-dealkylation sites (N-methyl/N-ethyl adjacent to an activating group) is 1. The Morgan fingerprint density at radius 3 is 2.29 bits per heavy atom. The summed E-state index contributed by atoms with van der Waals surface area (Å²) in [6, 6.07) is 12.8. The lowest BCUT2D eigenvalue weighted by atomic mass is 10.1. The zero-order valence-electron chi connectivity index (χ0n) is 16.2. The molecule has 0 aromatic heterocycles. The topological polar surface area (TPSA) is 61.9 Å². The number of nitrogens with one attached hydrogen (secondary N) is 1. The number of ether oxygens (including phenoxy) is 1. The van der Waals surface area contributed by atoms with E-state index in [0.29, 0.717) is 10.2 Å². The Morgan fingerprint density at radius 1 is 1.04 bits per heavy atom. The maximum absolute atomic E-state index is 12.5. The molecule has 0 unspecified atom stereocenters. The fourth-order valence-corrected chi connectivity index (χ4v) is 4.84. The van der Waals surface area contributed by atoms with Gasteiger partial charge in [-0.15, -0.1) is 0 Å². The van der Waals surface area contributed by atoms with Crippen LogP contribution in [0.25, 0.3) is 0 Å². The number of methoxy groups -OCH3 is 1. The molecular formula is C20H26BrN3O3S. The molecule has 0 aliphatic carbocycles. The molecule has 1 N–H and O–H groups in total. The smallest absolute Gasteiger partial charge is 0.240 e. The molecule has 1 aliphatic heterocycles. The molecule has 28 heavy (non-hydrogen) atoms. The molecule has 1 aliphatic rings. The lowest BCUT2D eigenvalue weighted by molar-refractivity contribution is 0.148. The van der Waals surface area contributed by atoms with Crippen molar-refractivity contribution in [2.75, 3.05) is 40.3 Å². The summed E-state index contributed by atoms with van der Waals surface area (Å²) in [4.78, 5) is 4.98. The first-order valence-electron chi connectivity index (χ1n) is 9.19. The molecule has 1 fully saturated rings. The highest BCUT2D eigenvalue weighted by atomic mass is 79.9. The van der Waals surface area contributed by atoms with E-state index in [2.05, 4.69) is 49.6 Å². The third-order valence-electron chi connectivity index (χ3n) is 4.92. The minimum Gasteiger partial charge on any atom is -0.496 e. The predicted molar refractivity (Wildman–Crippen MR) is 114 cm³/mol. The lowest BCUT2D eigenvalue weighted by Gasteiger charge is -2.32. The molecule has 6 nitrogen and oxygen atoms in total. The summed E-state index contributed by atoms with van der Waals surface area (Å²) < 4.78 is 33.5. The standard InChI is InChI=1S/C20H26BrN3O3S/c1-23-9-11-24(12-10-23)15-17-5-3-16(4-6-17)14-22-28(25,26)18-7-8-20(27-2)19(21)13-18/h3-8,13,22H,9-12,14-15H2,1-2H3. The third kappa shape index (κ3) is 5.55. The monoisotopic (exact) mass is 467 g/mol. The summed E-state index contributed by atoms with van der Waals surface area (Å²) in [7, 11) is 0.0998. The van der Waals surface area contributed by atoms with Gasteiger partial charge < -0.3 is 9.64 Å². The Hall–Kier alpha value is -1.45. The summed E-state index contributed by atoms with van der Waals surface area (Å²) in [6.07, 6.45) is 0. The summed E-state index contributed by atoms with van der Waals surface area (Å²) >= 11 is 3.32. The average molecular weight is 468 g/mol. The minimum atomic E-state index is -3.59. The van der Waals surface area contributed by atoms with Crippen LogP contribution in [0, 0.1) is 0 Å². The highest BCUT2D eigenvalue weighted by Gasteiger charge is 2.16. The fourth-order valence-electron chi connectivity index (χ4n) is 3.10. The van der Waals surface area contributed by atoms with Gasteiger partial charge in [-0.25, -0.2) is 13.1 Å². The highest BCUT2D eigenvalue weighted by molar-refractivity contribution is 9.10. The zero-order chi connectivity index (χ0) is 20.1. The van der Waals surface area contributed by atoms with Crippen LogP contribution in [0.4, 0.5) is 0 Å². The summed E-state index contributed by atoms with van der Waals surface area (Å²) in [6.45, 7) is 5.54. The van der Waals surface area contributed by atoms with E-state index in [0.717, 1.165) is 38.3 Å². The van der Waals surface area contributed by atoms with Crippen molar-refractivity contribution in [1.29, 1.82) is 0 Å². The third-order valence-corrected chi connectivity index (χ3v) is 6.94. The Labute approximate surface area is 175 Å². The minimum absolute atomic E-state index is 0.201. The second-order valence-electron chi connectivity index (χ2n) is 7.02. The van der Waals surface area contributed by atoms with Crippen molar-refractivity contribution in [3.63, 3.8) is 0 Å². The van der Waals surface area contributed by atoms with Gasteiger partial charge in [-0.1, -0.05) is 24.3 Å². The maximum atomic E-state index is 12.5. The van der Waals surface area contributed by atoms with E-state index in [1.165, 1.54) is 11.6 Å². The van der Waals surface area contributed by atoms with Gasteiger partial charge in [-0.2, -0.15) is 0 Å². The van der Waals surface area contributed by atoms with E-state index in [9.17, 15) is 8.42 Å². The quantitative estimate of drug-likeness (QED) is 0.677. The van der Waals surface area contributed by atoms with Crippen LogP contribution in [0.3, 0.4) is 0 Å². The zero-order valence-corrected chi connectivity index (χ0v) is 18.6. The van der Waals surface area contributed by atoms with Crippen molar-refractivity contribution in [2.24, 2.45) is 0 Å². The van der Waals surface area contributed by atoms with Gasteiger partial charge in [0.15, 0.2) is 0 Å². The molecule has 2 aromatic carbocycles. The van der Waals surface area contributed by atoms with E-state index < -0.39 is 10.0 Å². The second kappa shape index (κ2) is 9.37. The van der Waals surface area contributed by atoms with Gasteiger partial charge in [0.2, 0.25) is 10.0 Å². The first kappa shape index (κ1) is 21.3. The van der Waals surface area contributed by atoms with Crippen LogP contribution >= 0.6 is 15.9 Å². The molecule has 0 spiro atoms. The van der Waals surface area contributed by atoms with Gasteiger partial charge >= 0.3 is 0 Å². The van der Waals surface area contributed by atoms with Gasteiger partial charge in [0.05, 0.1) is 16.5 Å². The molecule has 152 valence electrons. The number of rotatable bonds is 7. The van der Waals surface area contributed by atoms with Crippen molar-refractivity contribution < 1.29 is 13.2 Å². The van der Waals surface area contributed by atoms with Gasteiger partial charge in [0.1, 0.15) is 5.75 Å².